The minimum absolute atomic E-state index is 0.0730. The van der Waals surface area contributed by atoms with Crippen molar-refractivity contribution in [1.29, 1.82) is 0 Å². The van der Waals surface area contributed by atoms with Gasteiger partial charge in [0.1, 0.15) is 6.04 Å². The molecule has 0 bridgehead atoms. The lowest BCUT2D eigenvalue weighted by molar-refractivity contribution is 0.254. The number of nitrogens with zero attached hydrogens (tertiary/aromatic N) is 4. The van der Waals surface area contributed by atoms with E-state index in [1.54, 1.807) is 0 Å². The van der Waals surface area contributed by atoms with Crippen LogP contribution in [-0.4, -0.2) is 39.9 Å². The Balaban J connectivity index is 1.59. The average Bonchev–Trinajstić information content (AvgIpc) is 3.47. The van der Waals surface area contributed by atoms with Crippen LogP contribution in [-0.2, 0) is 0 Å². The quantitative estimate of drug-likeness (QED) is 0.691. The first-order valence-electron chi connectivity index (χ1n) is 10.9. The van der Waals surface area contributed by atoms with Gasteiger partial charge < -0.3 is 9.80 Å². The molecule has 3 aliphatic heterocycles. The van der Waals surface area contributed by atoms with Gasteiger partial charge in [-0.25, -0.2) is 0 Å². The summed E-state index contributed by atoms with van der Waals surface area (Å²) in [5, 5.41) is 1.21. The number of fused-ring (bicyclic) bond motifs is 1. The maximum atomic E-state index is 5.18. The number of aliphatic imine (C=N–C) groups is 1. The number of amidine groups is 1. The van der Waals surface area contributed by atoms with Crippen LogP contribution in [0.3, 0.4) is 0 Å². The lowest BCUT2D eigenvalue weighted by Gasteiger charge is -2.34. The standard InChI is InChI=1S/C24H30N4S/c1-4-18-15-29-24-26-22(20-9-5-6-12-25-20)23(28(18)24)19-10-11-21(17(3)16(19)2)27-13-7-8-14-27/h5-6,9-12,18,22-23H,4,7-8,13-15H2,1-3H3/t18-,22-,23-/m1/s1. The van der Waals surface area contributed by atoms with Crippen LogP contribution in [0.4, 0.5) is 5.69 Å². The fraction of sp³-hybridized carbons (Fsp3) is 0.500. The van der Waals surface area contributed by atoms with Crippen molar-refractivity contribution in [2.24, 2.45) is 4.99 Å². The first kappa shape index (κ1) is 19.0. The lowest BCUT2D eigenvalue weighted by atomic mass is 9.89. The Morgan fingerprint density at radius 1 is 1.07 bits per heavy atom. The number of aromatic nitrogens is 1. The Kier molecular flexibility index (Phi) is 5.02. The Morgan fingerprint density at radius 2 is 1.90 bits per heavy atom. The zero-order valence-electron chi connectivity index (χ0n) is 17.6. The Hall–Kier alpha value is -2.01. The number of hydrogen-bond acceptors (Lipinski definition) is 5. The van der Waals surface area contributed by atoms with E-state index in [1.165, 1.54) is 53.5 Å². The summed E-state index contributed by atoms with van der Waals surface area (Å²) in [5.74, 6) is 1.14. The highest BCUT2D eigenvalue weighted by atomic mass is 32.2. The van der Waals surface area contributed by atoms with E-state index in [9.17, 15) is 0 Å². The van der Waals surface area contributed by atoms with E-state index in [1.807, 2.05) is 24.0 Å². The van der Waals surface area contributed by atoms with Crippen molar-refractivity contribution in [2.75, 3.05) is 23.7 Å². The lowest BCUT2D eigenvalue weighted by Crippen LogP contribution is -2.35. The average molecular weight is 407 g/mol. The molecule has 1 aromatic carbocycles. The molecule has 2 fully saturated rings. The topological polar surface area (TPSA) is 31.7 Å². The van der Waals surface area contributed by atoms with Gasteiger partial charge >= 0.3 is 0 Å². The van der Waals surface area contributed by atoms with Crippen LogP contribution in [0.25, 0.3) is 0 Å². The number of rotatable bonds is 4. The first-order chi connectivity index (χ1) is 14.2. The molecular formula is C24H30N4S. The molecule has 29 heavy (non-hydrogen) atoms. The van der Waals surface area contributed by atoms with E-state index in [2.05, 4.69) is 54.8 Å². The van der Waals surface area contributed by atoms with Crippen LogP contribution < -0.4 is 4.90 Å². The van der Waals surface area contributed by atoms with Gasteiger partial charge in [-0.15, -0.1) is 0 Å². The normalized spacial score (nSPS) is 26.2. The second kappa shape index (κ2) is 7.67. The fourth-order valence-corrected chi connectivity index (χ4v) is 6.47. The second-order valence-electron chi connectivity index (χ2n) is 8.45. The maximum absolute atomic E-state index is 5.18. The molecular weight excluding hydrogens is 376 g/mol. The molecule has 152 valence electrons. The van der Waals surface area contributed by atoms with Gasteiger partial charge in [-0.3, -0.25) is 9.98 Å². The van der Waals surface area contributed by atoms with Gasteiger partial charge in [0.2, 0.25) is 0 Å². The molecule has 5 heteroatoms. The minimum atomic E-state index is 0.0730. The third-order valence-corrected chi connectivity index (χ3v) is 8.02. The summed E-state index contributed by atoms with van der Waals surface area (Å²) in [6.07, 6.45) is 5.67. The minimum Gasteiger partial charge on any atom is -0.371 e. The van der Waals surface area contributed by atoms with Gasteiger partial charge in [0.25, 0.3) is 0 Å². The molecule has 0 unspecified atom stereocenters. The number of thioether (sulfide) groups is 1. The summed E-state index contributed by atoms with van der Waals surface area (Å²) < 4.78 is 0. The van der Waals surface area contributed by atoms with Crippen molar-refractivity contribution in [3.05, 3.63) is 58.9 Å². The molecule has 0 N–H and O–H groups in total. The first-order valence-corrected chi connectivity index (χ1v) is 11.9. The molecule has 0 amide bonds. The summed E-state index contributed by atoms with van der Waals surface area (Å²) in [6, 6.07) is 11.8. The van der Waals surface area contributed by atoms with E-state index >= 15 is 0 Å². The van der Waals surface area contributed by atoms with Crippen LogP contribution in [0.5, 0.6) is 0 Å². The predicted octanol–water partition coefficient (Wildman–Crippen LogP) is 5.28. The van der Waals surface area contributed by atoms with Crippen LogP contribution >= 0.6 is 11.8 Å². The van der Waals surface area contributed by atoms with Crippen molar-refractivity contribution in [3.8, 4) is 0 Å². The summed E-state index contributed by atoms with van der Waals surface area (Å²) in [6.45, 7) is 9.28. The Bertz CT molecular complexity index is 920. The monoisotopic (exact) mass is 406 g/mol. The van der Waals surface area contributed by atoms with Crippen LogP contribution in [0, 0.1) is 13.8 Å². The number of pyridine rings is 1. The molecule has 4 heterocycles. The summed E-state index contributed by atoms with van der Waals surface area (Å²) >= 11 is 1.92. The largest absolute Gasteiger partial charge is 0.371 e. The third-order valence-electron chi connectivity index (χ3n) is 6.90. The second-order valence-corrected chi connectivity index (χ2v) is 9.44. The molecule has 4 nitrogen and oxygen atoms in total. The van der Waals surface area contributed by atoms with Crippen LogP contribution in [0.15, 0.2) is 41.5 Å². The van der Waals surface area contributed by atoms with Crippen molar-refractivity contribution < 1.29 is 0 Å². The van der Waals surface area contributed by atoms with Gasteiger partial charge in [-0.1, -0.05) is 30.8 Å². The predicted molar refractivity (Wildman–Crippen MR) is 123 cm³/mol. The summed E-state index contributed by atoms with van der Waals surface area (Å²) in [5.41, 5.74) is 6.76. The van der Waals surface area contributed by atoms with E-state index in [-0.39, 0.29) is 12.1 Å². The highest BCUT2D eigenvalue weighted by molar-refractivity contribution is 8.14. The fourth-order valence-electron chi connectivity index (χ4n) is 5.14. The summed E-state index contributed by atoms with van der Waals surface area (Å²) in [7, 11) is 0. The van der Waals surface area contributed by atoms with Crippen LogP contribution in [0.2, 0.25) is 0 Å². The van der Waals surface area contributed by atoms with E-state index in [4.69, 9.17) is 9.98 Å². The van der Waals surface area contributed by atoms with E-state index in [0.717, 1.165) is 17.9 Å². The molecule has 0 radical (unpaired) electrons. The van der Waals surface area contributed by atoms with Crippen molar-refractivity contribution >= 4 is 22.6 Å². The highest BCUT2D eigenvalue weighted by Gasteiger charge is 2.46. The zero-order valence-corrected chi connectivity index (χ0v) is 18.5. The molecule has 0 saturated carbocycles. The summed E-state index contributed by atoms with van der Waals surface area (Å²) in [4.78, 5) is 15.0. The number of anilines is 1. The van der Waals surface area contributed by atoms with Crippen molar-refractivity contribution in [1.82, 2.24) is 9.88 Å². The molecule has 0 spiro atoms. The SMILES string of the molecule is CC[C@@H]1CSC2=N[C@H](c3ccccn3)[C@@H](c3ccc(N4CCCC4)c(C)c3C)N21. The van der Waals surface area contributed by atoms with Crippen molar-refractivity contribution in [2.45, 2.75) is 58.2 Å². The van der Waals surface area contributed by atoms with Crippen molar-refractivity contribution in [3.63, 3.8) is 0 Å². The van der Waals surface area contributed by atoms with E-state index in [0.29, 0.717) is 6.04 Å². The smallest absolute Gasteiger partial charge is 0.160 e. The maximum Gasteiger partial charge on any atom is 0.160 e. The molecule has 0 aliphatic carbocycles. The van der Waals surface area contributed by atoms with Crippen LogP contribution in [0.1, 0.15) is 60.7 Å². The van der Waals surface area contributed by atoms with Gasteiger partial charge in [0.05, 0.1) is 11.7 Å². The molecule has 3 aliphatic rings. The molecule has 2 aromatic rings. The van der Waals surface area contributed by atoms with Gasteiger partial charge in [-0.2, -0.15) is 0 Å². The highest BCUT2D eigenvalue weighted by Crippen LogP contribution is 2.50. The van der Waals surface area contributed by atoms with Gasteiger partial charge in [-0.05, 0) is 68.0 Å². The molecule has 2 saturated heterocycles. The number of benzene rings is 1. The molecule has 1 aromatic heterocycles. The van der Waals surface area contributed by atoms with E-state index < -0.39 is 0 Å². The molecule has 5 rings (SSSR count). The van der Waals surface area contributed by atoms with Gasteiger partial charge in [0, 0.05) is 36.8 Å². The zero-order chi connectivity index (χ0) is 20.0. The Labute approximate surface area is 178 Å². The third kappa shape index (κ3) is 3.14. The number of hydrogen-bond donors (Lipinski definition) is 0. The Morgan fingerprint density at radius 3 is 2.62 bits per heavy atom. The molecule has 3 atom stereocenters. The van der Waals surface area contributed by atoms with Gasteiger partial charge in [0.15, 0.2) is 5.17 Å².